The standard InChI is InChI=1S/C15H19FN2O3/c1-9-5-4-7-11(16)13(9)18-15(21)17-12-8-3-2-6-10(12)14(19)20/h4-5,7,10,12H,2-3,6,8H2,1H3,(H,19,20)(H2,17,18,21). The van der Waals surface area contributed by atoms with E-state index in [1.807, 2.05) is 0 Å². The van der Waals surface area contributed by atoms with E-state index in [0.29, 0.717) is 18.4 Å². The zero-order chi connectivity index (χ0) is 15.4. The highest BCUT2D eigenvalue weighted by Crippen LogP contribution is 2.25. The number of halogens is 1. The minimum atomic E-state index is -0.901. The number of carbonyl (C=O) groups is 2. The molecule has 5 nitrogen and oxygen atoms in total. The summed E-state index contributed by atoms with van der Waals surface area (Å²) < 4.78 is 13.7. The number of hydrogen-bond acceptors (Lipinski definition) is 2. The number of carbonyl (C=O) groups excluding carboxylic acids is 1. The van der Waals surface area contributed by atoms with Crippen molar-refractivity contribution >= 4 is 17.7 Å². The van der Waals surface area contributed by atoms with E-state index in [0.717, 1.165) is 12.8 Å². The Hall–Kier alpha value is -2.11. The maximum Gasteiger partial charge on any atom is 0.319 e. The van der Waals surface area contributed by atoms with Crippen LogP contribution in [0.2, 0.25) is 0 Å². The van der Waals surface area contributed by atoms with Crippen molar-refractivity contribution in [3.63, 3.8) is 0 Å². The van der Waals surface area contributed by atoms with E-state index in [2.05, 4.69) is 10.6 Å². The number of rotatable bonds is 3. The molecule has 0 spiro atoms. The molecule has 0 heterocycles. The average molecular weight is 294 g/mol. The number of carboxylic acids is 1. The van der Waals surface area contributed by atoms with Crippen molar-refractivity contribution in [1.29, 1.82) is 0 Å². The maximum atomic E-state index is 13.7. The summed E-state index contributed by atoms with van der Waals surface area (Å²) in [5.74, 6) is -1.99. The van der Waals surface area contributed by atoms with Crippen molar-refractivity contribution in [2.75, 3.05) is 5.32 Å². The largest absolute Gasteiger partial charge is 0.481 e. The van der Waals surface area contributed by atoms with Crippen LogP contribution in [-0.2, 0) is 4.79 Å². The van der Waals surface area contributed by atoms with Crippen LogP contribution in [-0.4, -0.2) is 23.1 Å². The predicted molar refractivity (Wildman–Crippen MR) is 76.7 cm³/mol. The van der Waals surface area contributed by atoms with Crippen LogP contribution in [0.4, 0.5) is 14.9 Å². The van der Waals surface area contributed by atoms with Gasteiger partial charge < -0.3 is 15.7 Å². The molecule has 114 valence electrons. The molecule has 1 saturated carbocycles. The summed E-state index contributed by atoms with van der Waals surface area (Å²) in [6, 6.07) is 3.54. The zero-order valence-electron chi connectivity index (χ0n) is 11.9. The second-order valence-electron chi connectivity index (χ2n) is 5.37. The third-order valence-corrected chi connectivity index (χ3v) is 3.86. The SMILES string of the molecule is Cc1cccc(F)c1NC(=O)NC1CCCCC1C(=O)O. The minimum absolute atomic E-state index is 0.123. The minimum Gasteiger partial charge on any atom is -0.481 e. The highest BCUT2D eigenvalue weighted by Gasteiger charge is 2.31. The molecule has 1 aliphatic carbocycles. The summed E-state index contributed by atoms with van der Waals surface area (Å²) >= 11 is 0. The van der Waals surface area contributed by atoms with Crippen LogP contribution in [0.5, 0.6) is 0 Å². The van der Waals surface area contributed by atoms with Crippen molar-refractivity contribution in [3.05, 3.63) is 29.6 Å². The lowest BCUT2D eigenvalue weighted by Crippen LogP contribution is -2.46. The monoisotopic (exact) mass is 294 g/mol. The molecule has 2 amide bonds. The first-order chi connectivity index (χ1) is 9.99. The summed E-state index contributed by atoms with van der Waals surface area (Å²) in [6.07, 6.45) is 2.91. The second-order valence-corrected chi connectivity index (χ2v) is 5.37. The van der Waals surface area contributed by atoms with E-state index < -0.39 is 29.8 Å². The number of urea groups is 1. The molecule has 2 unspecified atom stereocenters. The normalized spacial score (nSPS) is 21.6. The number of nitrogens with one attached hydrogen (secondary N) is 2. The van der Waals surface area contributed by atoms with E-state index in [4.69, 9.17) is 5.11 Å². The van der Waals surface area contributed by atoms with Gasteiger partial charge in [0.15, 0.2) is 0 Å². The van der Waals surface area contributed by atoms with Gasteiger partial charge in [-0.2, -0.15) is 0 Å². The number of aryl methyl sites for hydroxylation is 1. The number of para-hydroxylation sites is 1. The third-order valence-electron chi connectivity index (χ3n) is 3.86. The number of aliphatic carboxylic acids is 1. The highest BCUT2D eigenvalue weighted by atomic mass is 19.1. The number of anilines is 1. The Balaban J connectivity index is 2.02. The Morgan fingerprint density at radius 2 is 2.00 bits per heavy atom. The topological polar surface area (TPSA) is 78.4 Å². The fourth-order valence-electron chi connectivity index (χ4n) is 2.71. The molecule has 1 fully saturated rings. The van der Waals surface area contributed by atoms with Gasteiger partial charge in [0.1, 0.15) is 5.82 Å². The summed E-state index contributed by atoms with van der Waals surface area (Å²) in [5, 5.41) is 14.3. The van der Waals surface area contributed by atoms with Gasteiger partial charge in [-0.25, -0.2) is 9.18 Å². The molecule has 2 rings (SSSR count). The molecular formula is C15H19FN2O3. The maximum absolute atomic E-state index is 13.7. The Bertz CT molecular complexity index is 527. The third kappa shape index (κ3) is 3.71. The second kappa shape index (κ2) is 6.56. The quantitative estimate of drug-likeness (QED) is 0.802. The lowest BCUT2D eigenvalue weighted by atomic mass is 9.84. The fraction of sp³-hybridized carbons (Fsp3) is 0.467. The van der Waals surface area contributed by atoms with E-state index in [-0.39, 0.29) is 5.69 Å². The molecular weight excluding hydrogens is 275 g/mol. The summed E-state index contributed by atoms with van der Waals surface area (Å²) in [6.45, 7) is 1.69. The van der Waals surface area contributed by atoms with Crippen LogP contribution in [0.1, 0.15) is 31.2 Å². The van der Waals surface area contributed by atoms with Crippen LogP contribution < -0.4 is 10.6 Å². The first-order valence-electron chi connectivity index (χ1n) is 7.04. The number of benzene rings is 1. The number of hydrogen-bond donors (Lipinski definition) is 3. The molecule has 6 heteroatoms. The highest BCUT2D eigenvalue weighted by molar-refractivity contribution is 5.90. The summed E-state index contributed by atoms with van der Waals surface area (Å²) in [4.78, 5) is 23.2. The lowest BCUT2D eigenvalue weighted by molar-refractivity contribution is -0.143. The van der Waals surface area contributed by atoms with Crippen LogP contribution in [0.25, 0.3) is 0 Å². The molecule has 0 bridgehead atoms. The van der Waals surface area contributed by atoms with Crippen molar-refractivity contribution < 1.29 is 19.1 Å². The number of carboxylic acid groups (broad SMARTS) is 1. The lowest BCUT2D eigenvalue weighted by Gasteiger charge is -2.29. The first-order valence-corrected chi connectivity index (χ1v) is 7.04. The average Bonchev–Trinajstić information content (AvgIpc) is 2.43. The van der Waals surface area contributed by atoms with Gasteiger partial charge in [0.2, 0.25) is 0 Å². The molecule has 1 aromatic carbocycles. The van der Waals surface area contributed by atoms with Crippen LogP contribution >= 0.6 is 0 Å². The molecule has 0 saturated heterocycles. The molecule has 0 radical (unpaired) electrons. The van der Waals surface area contributed by atoms with Crippen LogP contribution in [0.3, 0.4) is 0 Å². The van der Waals surface area contributed by atoms with Gasteiger partial charge in [0.05, 0.1) is 11.6 Å². The molecule has 2 atom stereocenters. The molecule has 0 aromatic heterocycles. The van der Waals surface area contributed by atoms with E-state index >= 15 is 0 Å². The van der Waals surface area contributed by atoms with E-state index in [9.17, 15) is 14.0 Å². The summed E-state index contributed by atoms with van der Waals surface area (Å²) in [7, 11) is 0. The van der Waals surface area contributed by atoms with Gasteiger partial charge >= 0.3 is 12.0 Å². The van der Waals surface area contributed by atoms with Crippen LogP contribution in [0, 0.1) is 18.7 Å². The van der Waals surface area contributed by atoms with E-state index in [1.54, 1.807) is 19.1 Å². The molecule has 1 aromatic rings. The van der Waals surface area contributed by atoms with E-state index in [1.165, 1.54) is 6.07 Å². The Labute approximate surface area is 122 Å². The van der Waals surface area contributed by atoms with Gasteiger partial charge in [0, 0.05) is 6.04 Å². The first kappa shape index (κ1) is 15.3. The van der Waals surface area contributed by atoms with Crippen molar-refractivity contribution in [2.45, 2.75) is 38.6 Å². The smallest absolute Gasteiger partial charge is 0.319 e. The fourth-order valence-corrected chi connectivity index (χ4v) is 2.71. The molecule has 1 aliphatic rings. The molecule has 0 aliphatic heterocycles. The summed E-state index contributed by atoms with van der Waals surface area (Å²) in [5.41, 5.74) is 0.737. The van der Waals surface area contributed by atoms with Gasteiger partial charge in [-0.1, -0.05) is 25.0 Å². The Morgan fingerprint density at radius 1 is 1.29 bits per heavy atom. The van der Waals surface area contributed by atoms with Crippen LogP contribution in [0.15, 0.2) is 18.2 Å². The van der Waals surface area contributed by atoms with Gasteiger partial charge in [0.25, 0.3) is 0 Å². The Kier molecular flexibility index (Phi) is 4.77. The predicted octanol–water partition coefficient (Wildman–Crippen LogP) is 2.90. The van der Waals surface area contributed by atoms with Crippen molar-refractivity contribution in [3.8, 4) is 0 Å². The number of amides is 2. The van der Waals surface area contributed by atoms with Gasteiger partial charge in [-0.05, 0) is 31.4 Å². The zero-order valence-corrected chi connectivity index (χ0v) is 11.9. The van der Waals surface area contributed by atoms with Gasteiger partial charge in [-0.15, -0.1) is 0 Å². The van der Waals surface area contributed by atoms with Crippen molar-refractivity contribution in [2.24, 2.45) is 5.92 Å². The van der Waals surface area contributed by atoms with Gasteiger partial charge in [-0.3, -0.25) is 4.79 Å². The molecule has 3 N–H and O–H groups in total. The molecule has 21 heavy (non-hydrogen) atoms. The Morgan fingerprint density at radius 3 is 2.67 bits per heavy atom. The van der Waals surface area contributed by atoms with Crippen molar-refractivity contribution in [1.82, 2.24) is 5.32 Å².